The normalized spacial score (nSPS) is 10.7. The number of amides is 1. The monoisotopic (exact) mass is 320 g/mol. The fraction of sp³-hybridized carbons (Fsp3) is 0.556. The van der Waals surface area contributed by atoms with Gasteiger partial charge in [0.05, 0.1) is 0 Å². The number of ether oxygens (including phenoxy) is 1. The summed E-state index contributed by atoms with van der Waals surface area (Å²) in [6.07, 6.45) is 0.482. The summed E-state index contributed by atoms with van der Waals surface area (Å²) in [6, 6.07) is 6.92. The smallest absolute Gasteiger partial charge is 0.260 e. The van der Waals surface area contributed by atoms with E-state index in [1.54, 1.807) is 36.2 Å². The van der Waals surface area contributed by atoms with Crippen LogP contribution in [-0.2, 0) is 4.79 Å². The Hall–Kier alpha value is -1.88. The second-order valence-electron chi connectivity index (χ2n) is 5.43. The standard InChI is InChI=1S/C18H28N2O3/c1-5-17(21)15-8-10-16(11-9-15)23-14-18(22)19(4)12-13-20(6-2)7-3/h8-11H,5-7,12-14H2,1-4H3. The first-order chi connectivity index (χ1) is 11.0. The van der Waals surface area contributed by atoms with Gasteiger partial charge >= 0.3 is 0 Å². The van der Waals surface area contributed by atoms with E-state index in [1.807, 2.05) is 6.92 Å². The van der Waals surface area contributed by atoms with Crippen LogP contribution in [0.3, 0.4) is 0 Å². The molecule has 0 N–H and O–H groups in total. The molecule has 0 aliphatic rings. The molecule has 1 amide bonds. The molecule has 0 bridgehead atoms. The lowest BCUT2D eigenvalue weighted by atomic mass is 10.1. The van der Waals surface area contributed by atoms with Crippen molar-refractivity contribution in [2.75, 3.05) is 39.8 Å². The second-order valence-corrected chi connectivity index (χ2v) is 5.43. The Bertz CT molecular complexity index is 495. The summed E-state index contributed by atoms with van der Waals surface area (Å²) in [4.78, 5) is 27.6. The van der Waals surface area contributed by atoms with Gasteiger partial charge in [-0.15, -0.1) is 0 Å². The van der Waals surface area contributed by atoms with Crippen LogP contribution in [0, 0.1) is 0 Å². The summed E-state index contributed by atoms with van der Waals surface area (Å²) in [6.45, 7) is 9.59. The number of benzene rings is 1. The van der Waals surface area contributed by atoms with Crippen molar-refractivity contribution in [3.05, 3.63) is 29.8 Å². The molecular formula is C18H28N2O3. The predicted molar refractivity (Wildman–Crippen MR) is 92.0 cm³/mol. The van der Waals surface area contributed by atoms with E-state index < -0.39 is 0 Å². The van der Waals surface area contributed by atoms with E-state index in [0.717, 1.165) is 19.6 Å². The Kier molecular flexibility index (Phi) is 8.33. The van der Waals surface area contributed by atoms with Crippen molar-refractivity contribution in [3.8, 4) is 5.75 Å². The van der Waals surface area contributed by atoms with Crippen LogP contribution < -0.4 is 4.74 Å². The van der Waals surface area contributed by atoms with E-state index in [0.29, 0.717) is 24.3 Å². The van der Waals surface area contributed by atoms with Gasteiger partial charge in [0, 0.05) is 32.1 Å². The maximum atomic E-state index is 12.1. The first-order valence-corrected chi connectivity index (χ1v) is 8.24. The molecule has 0 aliphatic heterocycles. The van der Waals surface area contributed by atoms with Crippen molar-refractivity contribution < 1.29 is 14.3 Å². The number of hydrogen-bond acceptors (Lipinski definition) is 4. The molecule has 0 aliphatic carbocycles. The van der Waals surface area contributed by atoms with Crippen LogP contribution in [0.4, 0.5) is 0 Å². The van der Waals surface area contributed by atoms with Crippen molar-refractivity contribution >= 4 is 11.7 Å². The van der Waals surface area contributed by atoms with E-state index in [9.17, 15) is 9.59 Å². The molecule has 0 saturated heterocycles. The zero-order valence-corrected chi connectivity index (χ0v) is 14.7. The average Bonchev–Trinajstić information content (AvgIpc) is 2.60. The SMILES string of the molecule is CCC(=O)c1ccc(OCC(=O)N(C)CCN(CC)CC)cc1. The summed E-state index contributed by atoms with van der Waals surface area (Å²) >= 11 is 0. The molecule has 0 spiro atoms. The third kappa shape index (κ3) is 6.40. The van der Waals surface area contributed by atoms with Gasteiger partial charge in [-0.2, -0.15) is 0 Å². The van der Waals surface area contributed by atoms with Crippen LogP contribution in [-0.4, -0.2) is 61.3 Å². The largest absolute Gasteiger partial charge is 0.484 e. The number of hydrogen-bond donors (Lipinski definition) is 0. The predicted octanol–water partition coefficient (Wildman–Crippen LogP) is 2.46. The Balaban J connectivity index is 2.41. The highest BCUT2D eigenvalue weighted by Crippen LogP contribution is 2.13. The summed E-state index contributed by atoms with van der Waals surface area (Å²) in [7, 11) is 1.79. The van der Waals surface area contributed by atoms with E-state index in [4.69, 9.17) is 4.74 Å². The Labute approximate surface area is 139 Å². The number of rotatable bonds is 10. The van der Waals surface area contributed by atoms with Crippen LogP contribution in [0.15, 0.2) is 24.3 Å². The lowest BCUT2D eigenvalue weighted by Gasteiger charge is -2.23. The van der Waals surface area contributed by atoms with Gasteiger partial charge in [-0.1, -0.05) is 20.8 Å². The van der Waals surface area contributed by atoms with E-state index >= 15 is 0 Å². The average molecular weight is 320 g/mol. The minimum absolute atomic E-state index is 0.00974. The number of carbonyl (C=O) groups excluding carboxylic acids is 2. The quantitative estimate of drug-likeness (QED) is 0.621. The van der Waals surface area contributed by atoms with Gasteiger partial charge in [-0.25, -0.2) is 0 Å². The summed E-state index contributed by atoms with van der Waals surface area (Å²) in [5.41, 5.74) is 0.669. The molecule has 0 heterocycles. The van der Waals surface area contributed by atoms with Gasteiger partial charge in [0.1, 0.15) is 5.75 Å². The minimum Gasteiger partial charge on any atom is -0.484 e. The summed E-state index contributed by atoms with van der Waals surface area (Å²) in [5, 5.41) is 0. The fourth-order valence-corrected chi connectivity index (χ4v) is 2.15. The van der Waals surface area contributed by atoms with E-state index in [1.165, 1.54) is 0 Å². The highest BCUT2D eigenvalue weighted by molar-refractivity contribution is 5.95. The van der Waals surface area contributed by atoms with Crippen LogP contribution >= 0.6 is 0 Å². The number of Topliss-reactive ketones (excluding diaryl/α,β-unsaturated/α-hetero) is 1. The maximum absolute atomic E-state index is 12.1. The molecule has 5 heteroatoms. The third-order valence-corrected chi connectivity index (χ3v) is 3.93. The number of likely N-dealkylation sites (N-methyl/N-ethyl adjacent to an activating group) is 2. The van der Waals surface area contributed by atoms with Gasteiger partial charge in [-0.3, -0.25) is 9.59 Å². The summed E-state index contributed by atoms with van der Waals surface area (Å²) < 4.78 is 5.50. The van der Waals surface area contributed by atoms with Gasteiger partial charge < -0.3 is 14.5 Å². The molecule has 0 saturated carbocycles. The third-order valence-electron chi connectivity index (χ3n) is 3.93. The highest BCUT2D eigenvalue weighted by atomic mass is 16.5. The minimum atomic E-state index is -0.0501. The van der Waals surface area contributed by atoms with Crippen LogP contribution in [0.2, 0.25) is 0 Å². The molecule has 0 unspecified atom stereocenters. The first kappa shape index (κ1) is 19.2. The molecule has 0 fully saturated rings. The van der Waals surface area contributed by atoms with Crippen molar-refractivity contribution in [3.63, 3.8) is 0 Å². The van der Waals surface area contributed by atoms with Gasteiger partial charge in [0.2, 0.25) is 0 Å². The van der Waals surface area contributed by atoms with Crippen molar-refractivity contribution in [1.82, 2.24) is 9.80 Å². The van der Waals surface area contributed by atoms with Gasteiger partial charge in [0.25, 0.3) is 5.91 Å². The Morgan fingerprint density at radius 3 is 2.13 bits per heavy atom. The molecule has 0 radical (unpaired) electrons. The molecule has 0 aromatic heterocycles. The maximum Gasteiger partial charge on any atom is 0.260 e. The molecule has 128 valence electrons. The zero-order chi connectivity index (χ0) is 17.2. The van der Waals surface area contributed by atoms with E-state index in [2.05, 4.69) is 18.7 Å². The number of ketones is 1. The van der Waals surface area contributed by atoms with Gasteiger partial charge in [0.15, 0.2) is 12.4 Å². The molecule has 23 heavy (non-hydrogen) atoms. The molecule has 5 nitrogen and oxygen atoms in total. The van der Waals surface area contributed by atoms with Crippen molar-refractivity contribution in [2.45, 2.75) is 27.2 Å². The lowest BCUT2D eigenvalue weighted by Crippen LogP contribution is -2.38. The topological polar surface area (TPSA) is 49.9 Å². The fourth-order valence-electron chi connectivity index (χ4n) is 2.15. The lowest BCUT2D eigenvalue weighted by molar-refractivity contribution is -0.132. The Morgan fingerprint density at radius 1 is 1.00 bits per heavy atom. The Morgan fingerprint density at radius 2 is 1.61 bits per heavy atom. The van der Waals surface area contributed by atoms with Crippen molar-refractivity contribution in [1.29, 1.82) is 0 Å². The van der Waals surface area contributed by atoms with E-state index in [-0.39, 0.29) is 18.3 Å². The molecule has 0 atom stereocenters. The highest BCUT2D eigenvalue weighted by Gasteiger charge is 2.11. The van der Waals surface area contributed by atoms with Crippen molar-refractivity contribution in [2.24, 2.45) is 0 Å². The van der Waals surface area contributed by atoms with Crippen LogP contribution in [0.5, 0.6) is 5.75 Å². The number of carbonyl (C=O) groups is 2. The molecule has 1 aromatic carbocycles. The van der Waals surface area contributed by atoms with Gasteiger partial charge in [-0.05, 0) is 37.4 Å². The summed E-state index contributed by atoms with van der Waals surface area (Å²) in [5.74, 6) is 0.651. The second kappa shape index (κ2) is 10.0. The molecule has 1 aromatic rings. The molecular weight excluding hydrogens is 292 g/mol. The number of nitrogens with zero attached hydrogens (tertiary/aromatic N) is 2. The zero-order valence-electron chi connectivity index (χ0n) is 14.7. The van der Waals surface area contributed by atoms with Crippen LogP contribution in [0.25, 0.3) is 0 Å². The molecule has 1 rings (SSSR count). The van der Waals surface area contributed by atoms with Crippen LogP contribution in [0.1, 0.15) is 37.6 Å². The first-order valence-electron chi connectivity index (χ1n) is 8.24.